The molecule has 0 atom stereocenters. The zero-order valence-electron chi connectivity index (χ0n) is 61.2. The first-order valence-corrected chi connectivity index (χ1v) is 37.6. The highest BCUT2D eigenvalue weighted by atomic mass is 16.6. The van der Waals surface area contributed by atoms with Gasteiger partial charge in [0.05, 0.1) is 85.9 Å². The van der Waals surface area contributed by atoms with Gasteiger partial charge in [-0.15, -0.1) is 0 Å². The Hall–Kier alpha value is -7.42. The second kappa shape index (κ2) is 70.6. The summed E-state index contributed by atoms with van der Waals surface area (Å²) in [6.45, 7) is 4.55. The van der Waals surface area contributed by atoms with Gasteiger partial charge in [-0.2, -0.15) is 0 Å². The molecule has 102 heavy (non-hydrogen) atoms. The molecule has 0 fully saturated rings. The fourth-order valence-corrected chi connectivity index (χ4v) is 9.24. The molecule has 0 radical (unpaired) electrons. The molecule has 0 saturated carbocycles. The third-order valence-corrected chi connectivity index (χ3v) is 15.2. The van der Waals surface area contributed by atoms with Crippen molar-refractivity contribution in [2.24, 2.45) is 0 Å². The number of carbonyl (C=O) groups excluding carboxylic acids is 13. The van der Waals surface area contributed by atoms with Crippen molar-refractivity contribution in [3.8, 4) is 0 Å². The van der Waals surface area contributed by atoms with Gasteiger partial charge in [0.2, 0.25) is 0 Å². The van der Waals surface area contributed by atoms with Crippen LogP contribution < -0.4 is 0 Å². The van der Waals surface area contributed by atoms with Gasteiger partial charge in [0.15, 0.2) is 0 Å². The van der Waals surface area contributed by atoms with Crippen molar-refractivity contribution in [2.45, 2.75) is 302 Å². The van der Waals surface area contributed by atoms with Gasteiger partial charge in [-0.05, 0) is 180 Å². The van der Waals surface area contributed by atoms with E-state index >= 15 is 0 Å². The maximum Gasteiger partial charge on any atom is 0.305 e. The second-order valence-corrected chi connectivity index (χ2v) is 24.7. The first-order chi connectivity index (χ1) is 49.4. The second-order valence-electron chi connectivity index (χ2n) is 24.7. The molecule has 0 aromatic carbocycles. The van der Waals surface area contributed by atoms with E-state index in [9.17, 15) is 67.1 Å². The molecule has 0 aliphatic carbocycles. The summed E-state index contributed by atoms with van der Waals surface area (Å²) in [4.78, 5) is 166. The van der Waals surface area contributed by atoms with Gasteiger partial charge in [-0.1, -0.05) is 32.6 Å². The zero-order chi connectivity index (χ0) is 75.0. The molecule has 586 valence electrons. The van der Waals surface area contributed by atoms with E-state index < -0.39 is 23.9 Å². The summed E-state index contributed by atoms with van der Waals surface area (Å²) in [6.07, 6.45) is 21.6. The molecule has 0 rings (SSSR count). The van der Waals surface area contributed by atoms with Crippen molar-refractivity contribution in [2.75, 3.05) is 85.9 Å². The standard InChI is InChI=1S/C74H122O28/c1-2-3-4-5-8-35-62(77)91-49-22-10-37-64(79)93-51-24-12-39-66(81)95-53-26-14-41-68(83)97-55-28-16-43-70(85)99-57-30-18-45-72(87)101-59-32-20-47-74(89)102-60-33-19-46-73(88)100-58-31-17-44-71(86)98-56-29-15-42-69(84)96-54-27-13-40-67(82)94-52-25-11-38-65(80)92-50-23-9-36-63(78)90-48-21-6-7-34-61(75)76/h2-60H2,1H3,(H,75,76). The van der Waals surface area contributed by atoms with E-state index in [0.29, 0.717) is 186 Å². The molecule has 0 spiro atoms. The summed E-state index contributed by atoms with van der Waals surface area (Å²) in [5.41, 5.74) is 0. The van der Waals surface area contributed by atoms with E-state index in [2.05, 4.69) is 6.92 Å². The number of rotatable bonds is 72. The van der Waals surface area contributed by atoms with Crippen LogP contribution >= 0.6 is 0 Å². The number of carboxylic acids is 1. The Labute approximate surface area is 603 Å². The van der Waals surface area contributed by atoms with Crippen LogP contribution in [0.15, 0.2) is 0 Å². The van der Waals surface area contributed by atoms with Crippen molar-refractivity contribution in [3.63, 3.8) is 0 Å². The first kappa shape index (κ1) is 94.6. The number of ether oxygens (including phenoxy) is 13. The Morgan fingerprint density at radius 2 is 0.265 bits per heavy atom. The lowest BCUT2D eigenvalue weighted by Crippen LogP contribution is -2.10. The Kier molecular flexibility index (Phi) is 65.5. The number of esters is 13. The van der Waals surface area contributed by atoms with Crippen molar-refractivity contribution < 1.29 is 134 Å². The van der Waals surface area contributed by atoms with Gasteiger partial charge in [0.1, 0.15) is 0 Å². The summed E-state index contributed by atoms with van der Waals surface area (Å²) in [5, 5.41) is 8.62. The molecule has 28 heteroatoms. The maximum atomic E-state index is 12.1. The minimum Gasteiger partial charge on any atom is -0.481 e. The molecular formula is C74H122O28. The van der Waals surface area contributed by atoms with Crippen LogP contribution in [0.5, 0.6) is 0 Å². The number of carbonyl (C=O) groups is 14. The average Bonchev–Trinajstić information content (AvgIpc) is 2.53. The van der Waals surface area contributed by atoms with Gasteiger partial charge in [0.25, 0.3) is 0 Å². The topological polar surface area (TPSA) is 379 Å². The molecule has 1 N–H and O–H groups in total. The number of unbranched alkanes of at least 4 members (excludes halogenated alkanes) is 18. The third kappa shape index (κ3) is 71.0. The SMILES string of the molecule is CCCCCCCC(=O)OCCCCC(=O)OCCCCC(=O)OCCCCC(=O)OCCCCC(=O)OCCCCC(=O)OCCCCC(=O)OCCCCC(=O)OCCCCC(=O)OCCCCC(=O)OCCCCC(=O)OCCCCC(=O)OCCCCC(=O)OCCCCCC(=O)O. The predicted molar refractivity (Wildman–Crippen MR) is 368 cm³/mol. The smallest absolute Gasteiger partial charge is 0.305 e. The first-order valence-electron chi connectivity index (χ1n) is 37.6. The van der Waals surface area contributed by atoms with Gasteiger partial charge in [-0.3, -0.25) is 67.1 Å². The highest BCUT2D eigenvalue weighted by Gasteiger charge is 2.14. The summed E-state index contributed by atoms with van der Waals surface area (Å²) in [7, 11) is 0. The number of aliphatic carboxylic acids is 1. The molecule has 0 amide bonds. The van der Waals surface area contributed by atoms with Crippen molar-refractivity contribution >= 4 is 83.6 Å². The largest absolute Gasteiger partial charge is 0.481 e. The van der Waals surface area contributed by atoms with Crippen LogP contribution in [0.3, 0.4) is 0 Å². The molecule has 0 aliphatic heterocycles. The summed E-state index contributed by atoms with van der Waals surface area (Å²) in [5.74, 6) is -5.53. The molecule has 0 unspecified atom stereocenters. The normalized spacial score (nSPS) is 10.8. The molecule has 0 saturated heterocycles. The van der Waals surface area contributed by atoms with E-state index in [-0.39, 0.29) is 222 Å². The van der Waals surface area contributed by atoms with E-state index in [1.54, 1.807) is 0 Å². The van der Waals surface area contributed by atoms with Gasteiger partial charge in [0, 0.05) is 89.9 Å². The Bertz CT molecular complexity index is 2300. The van der Waals surface area contributed by atoms with Crippen LogP contribution in [-0.4, -0.2) is 175 Å². The summed E-state index contributed by atoms with van der Waals surface area (Å²) < 4.78 is 67.6. The molecule has 0 bridgehead atoms. The van der Waals surface area contributed by atoms with E-state index in [1.807, 2.05) is 0 Å². The fourth-order valence-electron chi connectivity index (χ4n) is 9.24. The van der Waals surface area contributed by atoms with Crippen LogP contribution in [-0.2, 0) is 129 Å². The summed E-state index contributed by atoms with van der Waals surface area (Å²) in [6, 6.07) is 0. The van der Waals surface area contributed by atoms with E-state index in [1.165, 1.54) is 6.42 Å². The van der Waals surface area contributed by atoms with Crippen molar-refractivity contribution in [1.82, 2.24) is 0 Å². The number of carboxylic acid groups (broad SMARTS) is 1. The Balaban J connectivity index is 3.59. The highest BCUT2D eigenvalue weighted by Crippen LogP contribution is 2.13. The van der Waals surface area contributed by atoms with Crippen LogP contribution in [0.2, 0.25) is 0 Å². The van der Waals surface area contributed by atoms with Crippen LogP contribution in [0.25, 0.3) is 0 Å². The van der Waals surface area contributed by atoms with Gasteiger partial charge < -0.3 is 66.7 Å². The molecule has 0 aromatic heterocycles. The van der Waals surface area contributed by atoms with Crippen LogP contribution in [0.4, 0.5) is 0 Å². The van der Waals surface area contributed by atoms with E-state index in [0.717, 1.165) is 25.7 Å². The lowest BCUT2D eigenvalue weighted by molar-refractivity contribution is -0.147. The summed E-state index contributed by atoms with van der Waals surface area (Å²) >= 11 is 0. The number of hydrogen-bond donors (Lipinski definition) is 1. The fraction of sp³-hybridized carbons (Fsp3) is 0.811. The lowest BCUT2D eigenvalue weighted by atomic mass is 10.1. The van der Waals surface area contributed by atoms with Crippen molar-refractivity contribution in [1.29, 1.82) is 0 Å². The minimum atomic E-state index is -0.846. The average molecular weight is 1460 g/mol. The molecule has 0 aromatic rings. The van der Waals surface area contributed by atoms with Crippen LogP contribution in [0.1, 0.15) is 302 Å². The number of hydrogen-bond acceptors (Lipinski definition) is 27. The molecule has 28 nitrogen and oxygen atoms in total. The Morgan fingerprint density at radius 3 is 0.402 bits per heavy atom. The molecule has 0 heterocycles. The highest BCUT2D eigenvalue weighted by molar-refractivity contribution is 5.74. The van der Waals surface area contributed by atoms with Crippen molar-refractivity contribution in [3.05, 3.63) is 0 Å². The van der Waals surface area contributed by atoms with Crippen LogP contribution in [0, 0.1) is 0 Å². The molecule has 0 aliphatic rings. The maximum absolute atomic E-state index is 12.1. The quantitative estimate of drug-likeness (QED) is 0.0336. The van der Waals surface area contributed by atoms with E-state index in [4.69, 9.17) is 66.7 Å². The Morgan fingerprint density at radius 1 is 0.157 bits per heavy atom. The zero-order valence-corrected chi connectivity index (χ0v) is 61.2. The third-order valence-electron chi connectivity index (χ3n) is 15.2. The van der Waals surface area contributed by atoms with Gasteiger partial charge >= 0.3 is 83.6 Å². The lowest BCUT2D eigenvalue weighted by Gasteiger charge is -2.08. The molecular weight excluding hydrogens is 1340 g/mol. The predicted octanol–water partition coefficient (Wildman–Crippen LogP) is 12.1. The minimum absolute atomic E-state index is 0.0978. The van der Waals surface area contributed by atoms with Gasteiger partial charge in [-0.25, -0.2) is 0 Å². The monoisotopic (exact) mass is 1460 g/mol.